The van der Waals surface area contributed by atoms with Crippen molar-refractivity contribution < 1.29 is 9.84 Å². The van der Waals surface area contributed by atoms with Crippen LogP contribution in [0.15, 0.2) is 30.3 Å². The highest BCUT2D eigenvalue weighted by atomic mass is 35.5. The second-order valence-corrected chi connectivity index (χ2v) is 5.64. The Morgan fingerprint density at radius 1 is 1.19 bits per heavy atom. The molecule has 0 aromatic heterocycles. The van der Waals surface area contributed by atoms with Gasteiger partial charge in [0.25, 0.3) is 0 Å². The number of hydrogen-bond donors (Lipinski definition) is 2. The average Bonchev–Trinajstić information content (AvgIpc) is 2.45. The van der Waals surface area contributed by atoms with Crippen LogP contribution in [0.1, 0.15) is 29.7 Å². The summed E-state index contributed by atoms with van der Waals surface area (Å²) in [6.07, 6.45) is 0. The molecule has 0 amide bonds. The van der Waals surface area contributed by atoms with Gasteiger partial charge in [0.05, 0.1) is 18.8 Å². The number of benzene rings is 2. The largest absolute Gasteiger partial charge is 0.508 e. The van der Waals surface area contributed by atoms with Crippen LogP contribution in [0.5, 0.6) is 11.5 Å². The van der Waals surface area contributed by atoms with Crippen molar-refractivity contribution in [1.82, 2.24) is 0 Å². The third-order valence-corrected chi connectivity index (χ3v) is 3.91. The second-order valence-electron chi connectivity index (χ2n) is 5.23. The zero-order chi connectivity index (χ0) is 15.6. The molecule has 112 valence electrons. The van der Waals surface area contributed by atoms with Gasteiger partial charge in [0.15, 0.2) is 0 Å². The van der Waals surface area contributed by atoms with Crippen molar-refractivity contribution in [1.29, 1.82) is 0 Å². The number of methoxy groups -OCH3 is 1. The SMILES string of the molecule is COc1cc(Cl)c(C)cc1NC(C)c1cc(C)ccc1O. The first-order chi connectivity index (χ1) is 9.92. The summed E-state index contributed by atoms with van der Waals surface area (Å²) >= 11 is 6.12. The van der Waals surface area contributed by atoms with Gasteiger partial charge in [0.2, 0.25) is 0 Å². The van der Waals surface area contributed by atoms with E-state index in [0.717, 1.165) is 22.4 Å². The minimum atomic E-state index is -0.0561. The van der Waals surface area contributed by atoms with Crippen LogP contribution in [-0.2, 0) is 0 Å². The summed E-state index contributed by atoms with van der Waals surface area (Å²) in [5.74, 6) is 0.967. The van der Waals surface area contributed by atoms with Crippen molar-refractivity contribution in [2.24, 2.45) is 0 Å². The minimum Gasteiger partial charge on any atom is -0.508 e. The minimum absolute atomic E-state index is 0.0561. The number of aryl methyl sites for hydroxylation is 2. The predicted octanol–water partition coefficient (Wildman–Crippen LogP) is 4.84. The Kier molecular flexibility index (Phi) is 4.63. The van der Waals surface area contributed by atoms with Gasteiger partial charge in [-0.3, -0.25) is 0 Å². The molecule has 0 saturated carbocycles. The van der Waals surface area contributed by atoms with E-state index in [4.69, 9.17) is 16.3 Å². The molecule has 0 heterocycles. The van der Waals surface area contributed by atoms with Gasteiger partial charge in [0, 0.05) is 16.7 Å². The zero-order valence-corrected chi connectivity index (χ0v) is 13.5. The molecule has 0 bridgehead atoms. The highest BCUT2D eigenvalue weighted by Crippen LogP contribution is 2.35. The predicted molar refractivity (Wildman–Crippen MR) is 87.6 cm³/mol. The van der Waals surface area contributed by atoms with Crippen LogP contribution in [0, 0.1) is 13.8 Å². The molecule has 0 aliphatic heterocycles. The number of halogens is 1. The molecule has 0 spiro atoms. The highest BCUT2D eigenvalue weighted by molar-refractivity contribution is 6.31. The van der Waals surface area contributed by atoms with Crippen LogP contribution in [0.3, 0.4) is 0 Å². The maximum absolute atomic E-state index is 10.0. The van der Waals surface area contributed by atoms with Gasteiger partial charge in [-0.15, -0.1) is 0 Å². The molecule has 4 heteroatoms. The summed E-state index contributed by atoms with van der Waals surface area (Å²) in [4.78, 5) is 0. The monoisotopic (exact) mass is 305 g/mol. The summed E-state index contributed by atoms with van der Waals surface area (Å²) < 4.78 is 5.36. The molecule has 2 aromatic rings. The van der Waals surface area contributed by atoms with E-state index in [9.17, 15) is 5.11 Å². The lowest BCUT2D eigenvalue weighted by atomic mass is 10.0. The molecule has 1 atom stereocenters. The molecule has 1 unspecified atom stereocenters. The van der Waals surface area contributed by atoms with Crippen LogP contribution in [-0.4, -0.2) is 12.2 Å². The van der Waals surface area contributed by atoms with Crippen LogP contribution >= 0.6 is 11.6 Å². The van der Waals surface area contributed by atoms with Crippen molar-refractivity contribution in [3.63, 3.8) is 0 Å². The molecular weight excluding hydrogens is 286 g/mol. The molecule has 0 saturated heterocycles. The van der Waals surface area contributed by atoms with Crippen LogP contribution in [0.4, 0.5) is 5.69 Å². The van der Waals surface area contributed by atoms with E-state index in [1.165, 1.54) is 0 Å². The second kappa shape index (κ2) is 6.27. The van der Waals surface area contributed by atoms with Crippen molar-refractivity contribution >= 4 is 17.3 Å². The van der Waals surface area contributed by atoms with Gasteiger partial charge in [-0.25, -0.2) is 0 Å². The number of phenols is 1. The molecule has 0 radical (unpaired) electrons. The van der Waals surface area contributed by atoms with Gasteiger partial charge in [0.1, 0.15) is 11.5 Å². The molecule has 2 N–H and O–H groups in total. The van der Waals surface area contributed by atoms with E-state index >= 15 is 0 Å². The van der Waals surface area contributed by atoms with Crippen LogP contribution in [0.25, 0.3) is 0 Å². The Morgan fingerprint density at radius 2 is 1.90 bits per heavy atom. The van der Waals surface area contributed by atoms with Crippen molar-refractivity contribution in [2.75, 3.05) is 12.4 Å². The van der Waals surface area contributed by atoms with Gasteiger partial charge in [-0.1, -0.05) is 29.3 Å². The highest BCUT2D eigenvalue weighted by Gasteiger charge is 2.14. The number of rotatable bonds is 4. The Balaban J connectivity index is 2.33. The topological polar surface area (TPSA) is 41.5 Å². The van der Waals surface area contributed by atoms with Gasteiger partial charge >= 0.3 is 0 Å². The average molecular weight is 306 g/mol. The lowest BCUT2D eigenvalue weighted by Gasteiger charge is -2.20. The zero-order valence-electron chi connectivity index (χ0n) is 12.7. The van der Waals surface area contributed by atoms with E-state index < -0.39 is 0 Å². The van der Waals surface area contributed by atoms with Gasteiger partial charge < -0.3 is 15.2 Å². The van der Waals surface area contributed by atoms with Crippen molar-refractivity contribution in [3.05, 3.63) is 52.0 Å². The number of ether oxygens (including phenoxy) is 1. The fraction of sp³-hybridized carbons (Fsp3) is 0.294. The van der Waals surface area contributed by atoms with E-state index in [1.807, 2.05) is 39.0 Å². The first-order valence-electron chi connectivity index (χ1n) is 6.82. The fourth-order valence-electron chi connectivity index (χ4n) is 2.28. The molecule has 3 nitrogen and oxygen atoms in total. The summed E-state index contributed by atoms with van der Waals surface area (Å²) in [5, 5.41) is 14.1. The smallest absolute Gasteiger partial charge is 0.143 e. The number of hydrogen-bond acceptors (Lipinski definition) is 3. The Bertz CT molecular complexity index is 655. The summed E-state index contributed by atoms with van der Waals surface area (Å²) in [6.45, 7) is 5.95. The van der Waals surface area contributed by atoms with Crippen LogP contribution < -0.4 is 10.1 Å². The molecule has 0 aliphatic carbocycles. The molecule has 2 aromatic carbocycles. The fourth-order valence-corrected chi connectivity index (χ4v) is 2.43. The van der Waals surface area contributed by atoms with Crippen molar-refractivity contribution in [3.8, 4) is 11.5 Å². The summed E-state index contributed by atoms with van der Waals surface area (Å²) in [7, 11) is 1.61. The quantitative estimate of drug-likeness (QED) is 0.849. The molecular formula is C17H20ClNO2. The van der Waals surface area contributed by atoms with Crippen LogP contribution in [0.2, 0.25) is 5.02 Å². The maximum atomic E-state index is 10.0. The molecule has 21 heavy (non-hydrogen) atoms. The number of aromatic hydroxyl groups is 1. The lowest BCUT2D eigenvalue weighted by molar-refractivity contribution is 0.416. The number of nitrogens with one attached hydrogen (secondary N) is 1. The standard InChI is InChI=1S/C17H20ClNO2/c1-10-5-6-16(20)13(7-10)12(3)19-15-8-11(2)14(18)9-17(15)21-4/h5-9,12,19-20H,1-4H3. The van der Waals surface area contributed by atoms with Gasteiger partial charge in [-0.2, -0.15) is 0 Å². The summed E-state index contributed by atoms with van der Waals surface area (Å²) in [5.41, 5.74) is 3.79. The van der Waals surface area contributed by atoms with Gasteiger partial charge in [-0.05, 0) is 38.5 Å². The van der Waals surface area contributed by atoms with E-state index in [1.54, 1.807) is 19.2 Å². The number of phenolic OH excluding ortho intramolecular Hbond substituents is 1. The summed E-state index contributed by atoms with van der Waals surface area (Å²) in [6, 6.07) is 9.26. The first-order valence-corrected chi connectivity index (χ1v) is 7.20. The normalized spacial score (nSPS) is 12.0. The van der Waals surface area contributed by atoms with E-state index in [2.05, 4.69) is 5.32 Å². The lowest BCUT2D eigenvalue weighted by Crippen LogP contribution is -2.08. The third-order valence-electron chi connectivity index (χ3n) is 3.50. The third kappa shape index (κ3) is 3.42. The van der Waals surface area contributed by atoms with E-state index in [-0.39, 0.29) is 11.8 Å². The van der Waals surface area contributed by atoms with E-state index in [0.29, 0.717) is 10.8 Å². The Hall–Kier alpha value is -1.87. The Labute approximate surface area is 130 Å². The Morgan fingerprint density at radius 3 is 2.57 bits per heavy atom. The number of anilines is 1. The molecule has 2 rings (SSSR count). The molecule has 0 fully saturated rings. The maximum Gasteiger partial charge on any atom is 0.143 e. The van der Waals surface area contributed by atoms with Crippen molar-refractivity contribution in [2.45, 2.75) is 26.8 Å². The molecule has 0 aliphatic rings. The first kappa shape index (κ1) is 15.5.